The molecule has 4 aromatic carbocycles. The minimum Gasteiger partial charge on any atom is -0.383 e. The van der Waals surface area contributed by atoms with Crippen molar-refractivity contribution in [3.8, 4) is 22.5 Å². The molecule has 83 heavy (non-hydrogen) atoms. The molecule has 4 aromatic heterocycles. The molecule has 8 heterocycles. The highest BCUT2D eigenvalue weighted by atomic mass is 35.5. The number of benzene rings is 4. The van der Waals surface area contributed by atoms with Crippen LogP contribution in [0.25, 0.3) is 44.3 Å². The number of anilines is 5. The van der Waals surface area contributed by atoms with E-state index in [2.05, 4.69) is 69.9 Å². The third-order valence-electron chi connectivity index (χ3n) is 15.6. The lowest BCUT2D eigenvalue weighted by Gasteiger charge is -2.30. The van der Waals surface area contributed by atoms with Crippen molar-refractivity contribution < 1.29 is 43.9 Å². The van der Waals surface area contributed by atoms with Gasteiger partial charge in [-0.25, -0.2) is 44.4 Å². The number of rotatable bonds is 7. The lowest BCUT2D eigenvalue weighted by atomic mass is 9.91. The highest BCUT2D eigenvalue weighted by Gasteiger charge is 2.40. The van der Waals surface area contributed by atoms with E-state index in [9.17, 15) is 30.0 Å². The van der Waals surface area contributed by atoms with Crippen LogP contribution in [-0.4, -0.2) is 115 Å². The monoisotopic (exact) mass is 1190 g/mol. The first-order valence-electron chi connectivity index (χ1n) is 27.2. The van der Waals surface area contributed by atoms with Gasteiger partial charge >= 0.3 is 0 Å². The van der Waals surface area contributed by atoms with Gasteiger partial charge in [-0.15, -0.1) is 0 Å². The summed E-state index contributed by atoms with van der Waals surface area (Å²) in [4.78, 5) is 25.3. The maximum absolute atomic E-state index is 15.7. The molecule has 21 heteroatoms. The lowest BCUT2D eigenvalue weighted by molar-refractivity contribution is 0.122. The quantitative estimate of drug-likeness (QED) is 0.150. The number of sulfone groups is 2. The predicted octanol–water partition coefficient (Wildman–Crippen LogP) is 12.3. The Labute approximate surface area is 486 Å². The summed E-state index contributed by atoms with van der Waals surface area (Å²) < 4.78 is 119. The van der Waals surface area contributed by atoms with Crippen LogP contribution in [0.15, 0.2) is 95.0 Å². The summed E-state index contributed by atoms with van der Waals surface area (Å²) in [6.07, 6.45) is 6.12. The van der Waals surface area contributed by atoms with E-state index >= 15 is 4.39 Å². The third kappa shape index (κ3) is 11.8. The Morgan fingerprint density at radius 2 is 1.06 bits per heavy atom. The Morgan fingerprint density at radius 3 is 1.58 bits per heavy atom. The molecule has 0 radical (unpaired) electrons. The van der Waals surface area contributed by atoms with E-state index in [1.807, 2.05) is 38.1 Å². The number of nitrogens with one attached hydrogen (secondary N) is 1. The predicted molar refractivity (Wildman–Crippen MR) is 320 cm³/mol. The smallest absolute Gasteiger partial charge is 0.176 e. The molecule has 4 aliphatic rings. The van der Waals surface area contributed by atoms with E-state index < -0.39 is 42.9 Å². The molecule has 436 valence electrons. The molecule has 0 amide bonds. The number of hydrogen-bond acceptors (Lipinski definition) is 14. The standard InChI is InChI=1S/C31H32F2N4O3S.C18H14ClF2NO2S.C13H19N3O/c1-18-6-7-26(41(5,38)39)22(12-18)28-19(2)29(27-23(33)13-20(32)14-24(27)35-28)37-17-31(3,4)30-25(37)15-21(16-34-30)36-8-10-40-11-9-36;1-9-4-5-15(25(3,23)24)12(6-9)18-10(2)17(19)16-13(21)7-11(20)8-14(16)22-18;1-13(2)9-15-11-7-10(8-14-12(11)13)16-3-5-17-6-4-16/h6-7,12-16H,8-11,17H2,1-5H3;4-8H,1-3H3;7-8,15H,3-6,9H2,1-2H3. The van der Waals surface area contributed by atoms with Crippen molar-refractivity contribution >= 4 is 81.5 Å². The second kappa shape index (κ2) is 22.6. The fraction of sp³-hybridized carbons (Fsp3) is 0.355. The maximum atomic E-state index is 15.7. The Morgan fingerprint density at radius 1 is 0.590 bits per heavy atom. The molecule has 8 aromatic rings. The van der Waals surface area contributed by atoms with Gasteiger partial charge in [-0.2, -0.15) is 0 Å². The molecule has 0 spiro atoms. The summed E-state index contributed by atoms with van der Waals surface area (Å²) in [6.45, 7) is 23.5. The van der Waals surface area contributed by atoms with Gasteiger partial charge in [0.15, 0.2) is 19.7 Å². The zero-order valence-corrected chi connectivity index (χ0v) is 50.3. The topological polar surface area (TPSA) is 160 Å². The largest absolute Gasteiger partial charge is 0.383 e. The van der Waals surface area contributed by atoms with Gasteiger partial charge in [-0.3, -0.25) is 9.97 Å². The van der Waals surface area contributed by atoms with Gasteiger partial charge in [0.2, 0.25) is 0 Å². The Hall–Kier alpha value is -6.97. The first-order chi connectivity index (χ1) is 39.1. The molecule has 1 N–H and O–H groups in total. The van der Waals surface area contributed by atoms with E-state index in [0.29, 0.717) is 53.4 Å². The number of morpholine rings is 2. The Kier molecular flexibility index (Phi) is 16.1. The summed E-state index contributed by atoms with van der Waals surface area (Å²) in [5.41, 5.74) is 10.8. The van der Waals surface area contributed by atoms with Crippen molar-refractivity contribution in [3.05, 3.63) is 147 Å². The molecular weight excluding hydrogens is 1130 g/mol. The molecule has 4 aliphatic heterocycles. The van der Waals surface area contributed by atoms with E-state index in [1.54, 1.807) is 37.3 Å². The average molecular weight is 1190 g/mol. The fourth-order valence-corrected chi connectivity index (χ4v) is 13.4. The van der Waals surface area contributed by atoms with Crippen molar-refractivity contribution in [1.82, 2.24) is 19.9 Å². The van der Waals surface area contributed by atoms with Crippen LogP contribution in [-0.2, 0) is 40.0 Å². The van der Waals surface area contributed by atoms with Crippen LogP contribution in [0.1, 0.15) is 61.3 Å². The fourth-order valence-electron chi connectivity index (χ4n) is 11.4. The van der Waals surface area contributed by atoms with E-state index in [1.165, 1.54) is 29.2 Å². The minimum atomic E-state index is -3.63. The number of hydrogen-bond donors (Lipinski definition) is 1. The highest BCUT2D eigenvalue weighted by molar-refractivity contribution is 7.91. The summed E-state index contributed by atoms with van der Waals surface area (Å²) in [5.74, 6) is -3.08. The first kappa shape index (κ1) is 59.2. The Bertz CT molecular complexity index is 4140. The molecule has 12 rings (SSSR count). The first-order valence-corrected chi connectivity index (χ1v) is 31.3. The summed E-state index contributed by atoms with van der Waals surface area (Å²) in [5, 5.41) is 3.73. The zero-order valence-electron chi connectivity index (χ0n) is 47.9. The van der Waals surface area contributed by atoms with Gasteiger partial charge in [0.25, 0.3) is 0 Å². The lowest BCUT2D eigenvalue weighted by Crippen LogP contribution is -2.36. The number of aryl methyl sites for hydroxylation is 2. The second-order valence-corrected chi connectivity index (χ2v) is 27.3. The summed E-state index contributed by atoms with van der Waals surface area (Å²) in [6, 6.07) is 18.1. The summed E-state index contributed by atoms with van der Waals surface area (Å²) >= 11 is 6.29. The molecule has 0 atom stereocenters. The number of nitrogens with zero attached hydrogens (tertiary/aromatic N) is 7. The van der Waals surface area contributed by atoms with Crippen LogP contribution >= 0.6 is 11.6 Å². The molecule has 2 saturated heterocycles. The van der Waals surface area contributed by atoms with Crippen molar-refractivity contribution in [1.29, 1.82) is 0 Å². The highest BCUT2D eigenvalue weighted by Crippen LogP contribution is 2.50. The Balaban J connectivity index is 0.000000155. The molecule has 0 saturated carbocycles. The van der Waals surface area contributed by atoms with E-state index in [-0.39, 0.29) is 53.1 Å². The zero-order chi connectivity index (χ0) is 59.7. The van der Waals surface area contributed by atoms with Crippen LogP contribution in [0.2, 0.25) is 5.02 Å². The number of fused-ring (bicyclic) bond motifs is 4. The van der Waals surface area contributed by atoms with Gasteiger partial charge in [0.05, 0.1) is 127 Å². The number of halogens is 5. The molecular formula is C62H65ClF4N8O6S2. The maximum Gasteiger partial charge on any atom is 0.176 e. The van der Waals surface area contributed by atoms with Gasteiger partial charge in [0.1, 0.15) is 23.3 Å². The van der Waals surface area contributed by atoms with Crippen molar-refractivity contribution in [2.24, 2.45) is 0 Å². The van der Waals surface area contributed by atoms with Crippen molar-refractivity contribution in [2.45, 2.75) is 76.0 Å². The molecule has 14 nitrogen and oxygen atoms in total. The molecule has 0 unspecified atom stereocenters. The van der Waals surface area contributed by atoms with E-state index in [0.717, 1.165) is 105 Å². The average Bonchev–Trinajstić information content (AvgIpc) is 2.65. The molecule has 2 fully saturated rings. The van der Waals surface area contributed by atoms with Crippen LogP contribution < -0.4 is 20.0 Å². The van der Waals surface area contributed by atoms with Crippen LogP contribution in [0, 0.1) is 51.0 Å². The number of aromatic nitrogens is 4. The van der Waals surface area contributed by atoms with Gasteiger partial charge in [-0.1, -0.05) is 62.6 Å². The normalized spacial score (nSPS) is 16.4. The van der Waals surface area contributed by atoms with Crippen LogP contribution in [0.3, 0.4) is 0 Å². The summed E-state index contributed by atoms with van der Waals surface area (Å²) in [7, 11) is -7.16. The minimum absolute atomic E-state index is 0.0119. The van der Waals surface area contributed by atoms with Gasteiger partial charge < -0.3 is 29.5 Å². The SMILES string of the molecule is CC1(C)CNc2cc(N3CCOCC3)cnc21.Cc1ccc(S(C)(=O)=O)c(-c2nc3cc(F)cc(F)c3c(Cl)c2C)c1.Cc1ccc(S(C)(=O)=O)c(-c2nc3cc(F)cc(F)c3c(N3CC(C)(C)c4ncc(N5CCOCC5)cc43)c2C)c1. The van der Waals surface area contributed by atoms with Crippen LogP contribution in [0.4, 0.5) is 46.0 Å². The van der Waals surface area contributed by atoms with Gasteiger partial charge in [0, 0.05) is 98.0 Å². The van der Waals surface area contributed by atoms with Crippen LogP contribution in [0.5, 0.6) is 0 Å². The number of pyridine rings is 4. The molecule has 0 aliphatic carbocycles. The van der Waals surface area contributed by atoms with E-state index in [4.69, 9.17) is 26.1 Å². The number of ether oxygens (including phenoxy) is 2. The molecule has 0 bridgehead atoms. The third-order valence-corrected chi connectivity index (χ3v) is 18.3. The van der Waals surface area contributed by atoms with Crippen molar-refractivity contribution in [3.63, 3.8) is 0 Å². The van der Waals surface area contributed by atoms with Crippen molar-refractivity contribution in [2.75, 3.05) is 98.2 Å². The van der Waals surface area contributed by atoms with Gasteiger partial charge in [-0.05, 0) is 75.2 Å². The second-order valence-electron chi connectivity index (χ2n) is 23.0.